The SMILES string of the molecule is Fc1ccc(Cl)c(-c2ccc(CC3C[C@@H]4CN(CC5CCOCC5)C[C@@H]4C3)nn2)c1. The van der Waals surface area contributed by atoms with Crippen molar-refractivity contribution in [3.05, 3.63) is 46.9 Å². The molecule has 0 spiro atoms. The van der Waals surface area contributed by atoms with E-state index in [1.807, 2.05) is 12.1 Å². The van der Waals surface area contributed by atoms with Crippen LogP contribution in [0, 0.1) is 29.5 Å². The summed E-state index contributed by atoms with van der Waals surface area (Å²) in [5.41, 5.74) is 2.24. The molecule has 2 saturated heterocycles. The minimum atomic E-state index is -0.316. The largest absolute Gasteiger partial charge is 0.381 e. The quantitative estimate of drug-likeness (QED) is 0.680. The Labute approximate surface area is 182 Å². The van der Waals surface area contributed by atoms with Crippen LogP contribution in [0.3, 0.4) is 0 Å². The van der Waals surface area contributed by atoms with Gasteiger partial charge in [0.2, 0.25) is 0 Å². The molecule has 1 unspecified atom stereocenters. The molecule has 1 aromatic carbocycles. The zero-order chi connectivity index (χ0) is 20.5. The molecule has 4 nitrogen and oxygen atoms in total. The first-order valence-corrected chi connectivity index (χ1v) is 11.6. The van der Waals surface area contributed by atoms with E-state index in [0.717, 1.165) is 43.1 Å². The molecule has 3 atom stereocenters. The van der Waals surface area contributed by atoms with Gasteiger partial charge in [-0.25, -0.2) is 4.39 Å². The number of ether oxygens (including phenoxy) is 1. The van der Waals surface area contributed by atoms with E-state index in [1.165, 1.54) is 57.5 Å². The van der Waals surface area contributed by atoms with Gasteiger partial charge in [0.1, 0.15) is 5.82 Å². The van der Waals surface area contributed by atoms with Crippen molar-refractivity contribution in [2.75, 3.05) is 32.8 Å². The van der Waals surface area contributed by atoms with Crippen molar-refractivity contribution in [2.45, 2.75) is 32.1 Å². The van der Waals surface area contributed by atoms with Crippen molar-refractivity contribution in [2.24, 2.45) is 23.7 Å². The van der Waals surface area contributed by atoms with Gasteiger partial charge in [-0.2, -0.15) is 10.2 Å². The van der Waals surface area contributed by atoms with Gasteiger partial charge >= 0.3 is 0 Å². The Hall–Kier alpha value is -1.56. The Balaban J connectivity index is 1.14. The van der Waals surface area contributed by atoms with Crippen LogP contribution in [0.2, 0.25) is 5.02 Å². The number of hydrogen-bond acceptors (Lipinski definition) is 4. The van der Waals surface area contributed by atoms with Crippen LogP contribution in [-0.4, -0.2) is 47.9 Å². The predicted octanol–water partition coefficient (Wildman–Crippen LogP) is 4.86. The molecule has 2 aromatic rings. The van der Waals surface area contributed by atoms with Gasteiger partial charge in [-0.3, -0.25) is 0 Å². The van der Waals surface area contributed by atoms with E-state index in [-0.39, 0.29) is 5.82 Å². The summed E-state index contributed by atoms with van der Waals surface area (Å²) >= 11 is 6.19. The molecule has 1 aromatic heterocycles. The second kappa shape index (κ2) is 8.89. The Kier molecular flexibility index (Phi) is 6.03. The second-order valence-corrected chi connectivity index (χ2v) is 9.78. The normalized spacial score (nSPS) is 27.5. The van der Waals surface area contributed by atoms with E-state index in [0.29, 0.717) is 22.2 Å². The molecule has 5 rings (SSSR count). The highest BCUT2D eigenvalue weighted by Gasteiger charge is 2.41. The number of hydrogen-bond donors (Lipinski definition) is 0. The van der Waals surface area contributed by atoms with Gasteiger partial charge in [-0.1, -0.05) is 11.6 Å². The highest BCUT2D eigenvalue weighted by molar-refractivity contribution is 6.33. The summed E-state index contributed by atoms with van der Waals surface area (Å²) in [5, 5.41) is 9.24. The minimum Gasteiger partial charge on any atom is -0.381 e. The lowest BCUT2D eigenvalue weighted by Crippen LogP contribution is -2.31. The molecule has 0 bridgehead atoms. The zero-order valence-electron chi connectivity index (χ0n) is 17.3. The van der Waals surface area contributed by atoms with Gasteiger partial charge in [-0.05, 0) is 86.1 Å². The van der Waals surface area contributed by atoms with Crippen molar-refractivity contribution in [3.63, 3.8) is 0 Å². The van der Waals surface area contributed by atoms with Gasteiger partial charge in [0.15, 0.2) is 0 Å². The van der Waals surface area contributed by atoms with Gasteiger partial charge in [0.05, 0.1) is 16.4 Å². The fraction of sp³-hybridized carbons (Fsp3) is 0.583. The maximum absolute atomic E-state index is 13.5. The van der Waals surface area contributed by atoms with Gasteiger partial charge in [0.25, 0.3) is 0 Å². The summed E-state index contributed by atoms with van der Waals surface area (Å²) in [7, 11) is 0. The molecule has 160 valence electrons. The molecule has 3 aliphatic rings. The van der Waals surface area contributed by atoms with Crippen LogP contribution in [0.5, 0.6) is 0 Å². The maximum Gasteiger partial charge on any atom is 0.123 e. The molecular weight excluding hydrogens is 401 g/mol. The number of nitrogens with zero attached hydrogens (tertiary/aromatic N) is 3. The van der Waals surface area contributed by atoms with Crippen LogP contribution >= 0.6 is 11.6 Å². The van der Waals surface area contributed by atoms with Crippen LogP contribution in [0.25, 0.3) is 11.3 Å². The smallest absolute Gasteiger partial charge is 0.123 e. The first-order chi connectivity index (χ1) is 14.6. The number of benzene rings is 1. The van der Waals surface area contributed by atoms with Crippen molar-refractivity contribution in [1.29, 1.82) is 0 Å². The third-order valence-electron chi connectivity index (χ3n) is 7.20. The second-order valence-electron chi connectivity index (χ2n) is 9.37. The Morgan fingerprint density at radius 2 is 1.77 bits per heavy atom. The van der Waals surface area contributed by atoms with E-state index in [2.05, 4.69) is 15.1 Å². The number of halogens is 2. The third kappa shape index (κ3) is 4.53. The molecule has 0 N–H and O–H groups in total. The molecule has 1 aliphatic carbocycles. The molecule has 0 amide bonds. The maximum atomic E-state index is 13.5. The van der Waals surface area contributed by atoms with Crippen LogP contribution in [0.1, 0.15) is 31.4 Å². The van der Waals surface area contributed by atoms with E-state index >= 15 is 0 Å². The molecule has 2 aliphatic heterocycles. The Morgan fingerprint density at radius 1 is 1.00 bits per heavy atom. The van der Waals surface area contributed by atoms with Crippen molar-refractivity contribution in [3.8, 4) is 11.3 Å². The van der Waals surface area contributed by atoms with E-state index in [9.17, 15) is 4.39 Å². The summed E-state index contributed by atoms with van der Waals surface area (Å²) < 4.78 is 19.0. The molecule has 3 heterocycles. The van der Waals surface area contributed by atoms with Crippen molar-refractivity contribution >= 4 is 11.6 Å². The average molecular weight is 430 g/mol. The first-order valence-electron chi connectivity index (χ1n) is 11.2. The first kappa shape index (κ1) is 20.3. The average Bonchev–Trinajstić information content (AvgIpc) is 3.29. The predicted molar refractivity (Wildman–Crippen MR) is 116 cm³/mol. The fourth-order valence-corrected chi connectivity index (χ4v) is 5.95. The van der Waals surface area contributed by atoms with E-state index in [1.54, 1.807) is 6.07 Å². The topological polar surface area (TPSA) is 38.2 Å². The van der Waals surface area contributed by atoms with E-state index < -0.39 is 0 Å². The lowest BCUT2D eigenvalue weighted by molar-refractivity contribution is 0.0544. The van der Waals surface area contributed by atoms with Crippen molar-refractivity contribution in [1.82, 2.24) is 15.1 Å². The van der Waals surface area contributed by atoms with E-state index in [4.69, 9.17) is 16.3 Å². The summed E-state index contributed by atoms with van der Waals surface area (Å²) in [6.07, 6.45) is 6.03. The van der Waals surface area contributed by atoms with Crippen LogP contribution in [0.4, 0.5) is 4.39 Å². The van der Waals surface area contributed by atoms with Gasteiger partial charge in [-0.15, -0.1) is 0 Å². The van der Waals surface area contributed by atoms with Crippen molar-refractivity contribution < 1.29 is 9.13 Å². The Bertz CT molecular complexity index is 857. The third-order valence-corrected chi connectivity index (χ3v) is 7.53. The monoisotopic (exact) mass is 429 g/mol. The highest BCUT2D eigenvalue weighted by atomic mass is 35.5. The van der Waals surface area contributed by atoms with Crippen LogP contribution < -0.4 is 0 Å². The Morgan fingerprint density at radius 3 is 2.47 bits per heavy atom. The molecule has 6 heteroatoms. The standard InChI is InChI=1S/C24H29ClFN3O/c25-23-3-1-20(26)12-22(23)24-4-2-21(27-28-24)11-17-9-18-14-29(15-19(18)10-17)13-16-5-7-30-8-6-16/h1-4,12,16-19H,5-11,13-15H2/t17?,18-,19+. The minimum absolute atomic E-state index is 0.316. The summed E-state index contributed by atoms with van der Waals surface area (Å²) in [4.78, 5) is 2.71. The number of aromatic nitrogens is 2. The summed E-state index contributed by atoms with van der Waals surface area (Å²) in [6.45, 7) is 5.68. The highest BCUT2D eigenvalue weighted by Crippen LogP contribution is 2.43. The van der Waals surface area contributed by atoms with Crippen LogP contribution in [-0.2, 0) is 11.2 Å². The van der Waals surface area contributed by atoms with Gasteiger partial charge < -0.3 is 9.64 Å². The molecule has 30 heavy (non-hydrogen) atoms. The summed E-state index contributed by atoms with van der Waals surface area (Å²) in [5.74, 6) is 2.89. The molecule has 3 fully saturated rings. The number of likely N-dealkylation sites (tertiary alicyclic amines) is 1. The summed E-state index contributed by atoms with van der Waals surface area (Å²) in [6, 6.07) is 8.26. The van der Waals surface area contributed by atoms with Crippen LogP contribution in [0.15, 0.2) is 30.3 Å². The molecular formula is C24H29ClFN3O. The zero-order valence-corrected chi connectivity index (χ0v) is 18.0. The molecule has 0 radical (unpaired) electrons. The molecule has 1 saturated carbocycles. The lowest BCUT2D eigenvalue weighted by Gasteiger charge is -2.27. The number of rotatable bonds is 5. The van der Waals surface area contributed by atoms with Gasteiger partial charge in [0, 0.05) is 38.4 Å². The number of fused-ring (bicyclic) bond motifs is 1. The lowest BCUT2D eigenvalue weighted by atomic mass is 9.98. The fourth-order valence-electron chi connectivity index (χ4n) is 5.73.